The molecular weight excluding hydrogens is 394 g/mol. The molecule has 2 heterocycles. The van der Waals surface area contributed by atoms with Gasteiger partial charge in [-0.2, -0.15) is 0 Å². The molecule has 0 radical (unpaired) electrons. The molecule has 0 unspecified atom stereocenters. The monoisotopic (exact) mass is 421 g/mol. The van der Waals surface area contributed by atoms with E-state index in [0.29, 0.717) is 5.92 Å². The quantitative estimate of drug-likeness (QED) is 0.631. The zero-order valence-electron chi connectivity index (χ0n) is 16.5. The van der Waals surface area contributed by atoms with Crippen molar-refractivity contribution in [2.75, 3.05) is 48.4 Å². The van der Waals surface area contributed by atoms with Gasteiger partial charge in [0.05, 0.1) is 18.5 Å². The normalized spacial score (nSPS) is 15.5. The number of amides is 1. The Bertz CT molecular complexity index is 760. The van der Waals surface area contributed by atoms with E-state index < -0.39 is 0 Å². The molecule has 7 nitrogen and oxygen atoms in total. The van der Waals surface area contributed by atoms with Crippen molar-refractivity contribution in [1.29, 1.82) is 0 Å². The van der Waals surface area contributed by atoms with E-state index in [1.165, 1.54) is 23.1 Å². The smallest absolute Gasteiger partial charge is 0.237 e. The van der Waals surface area contributed by atoms with Crippen LogP contribution < -0.4 is 15.5 Å². The predicted molar refractivity (Wildman–Crippen MR) is 117 cm³/mol. The topological polar surface area (TPSA) is 79.4 Å². The Morgan fingerprint density at radius 1 is 1.21 bits per heavy atom. The summed E-state index contributed by atoms with van der Waals surface area (Å²) >= 11 is 2.90. The van der Waals surface area contributed by atoms with Crippen LogP contribution >= 0.6 is 23.1 Å². The summed E-state index contributed by atoms with van der Waals surface area (Å²) in [5.41, 5.74) is 1.95. The minimum Gasteiger partial charge on any atom is -0.378 e. The van der Waals surface area contributed by atoms with E-state index in [9.17, 15) is 4.79 Å². The number of benzene rings is 1. The van der Waals surface area contributed by atoms with Crippen molar-refractivity contribution in [2.24, 2.45) is 5.92 Å². The number of ether oxygens (including phenoxy) is 1. The zero-order valence-corrected chi connectivity index (χ0v) is 18.1. The van der Waals surface area contributed by atoms with Crippen molar-refractivity contribution < 1.29 is 9.53 Å². The fraction of sp³-hybridized carbons (Fsp3) is 0.526. The lowest BCUT2D eigenvalue weighted by Crippen LogP contribution is -2.36. The van der Waals surface area contributed by atoms with Crippen molar-refractivity contribution in [3.63, 3.8) is 0 Å². The van der Waals surface area contributed by atoms with Gasteiger partial charge < -0.3 is 20.3 Å². The first-order valence-electron chi connectivity index (χ1n) is 9.49. The Morgan fingerprint density at radius 2 is 1.93 bits per heavy atom. The summed E-state index contributed by atoms with van der Waals surface area (Å²) in [5.74, 6) is 0.496. The van der Waals surface area contributed by atoms with Gasteiger partial charge in [0.25, 0.3) is 0 Å². The van der Waals surface area contributed by atoms with E-state index in [0.717, 1.165) is 53.7 Å². The molecule has 1 saturated heterocycles. The first-order valence-corrected chi connectivity index (χ1v) is 11.2. The number of hydrogen-bond acceptors (Lipinski definition) is 8. The highest BCUT2D eigenvalue weighted by Gasteiger charge is 2.18. The molecule has 1 aromatic carbocycles. The number of morpholine rings is 1. The Balaban J connectivity index is 1.49. The first kappa shape index (κ1) is 20.9. The molecule has 1 aromatic heterocycles. The van der Waals surface area contributed by atoms with Gasteiger partial charge in [-0.15, -0.1) is 10.2 Å². The van der Waals surface area contributed by atoms with Gasteiger partial charge in [0.2, 0.25) is 11.0 Å². The standard InChI is InChI=1S/C19H27N5O2S2/c1-13(2)12-20-18-22-23-19(28-18)27-14(3)17(25)21-15-4-6-16(7-5-15)24-8-10-26-11-9-24/h4-7,13-14H,8-12H2,1-3H3,(H,20,22)(H,21,25)/t14-/m1/s1. The Kier molecular flexibility index (Phi) is 7.52. The van der Waals surface area contributed by atoms with Crippen LogP contribution in [0, 0.1) is 5.92 Å². The summed E-state index contributed by atoms with van der Waals surface area (Å²) in [6.45, 7) is 10.3. The van der Waals surface area contributed by atoms with E-state index in [4.69, 9.17) is 4.74 Å². The molecule has 0 bridgehead atoms. The molecule has 9 heteroatoms. The van der Waals surface area contributed by atoms with Gasteiger partial charge in [0, 0.05) is 31.0 Å². The molecule has 1 fully saturated rings. The number of rotatable bonds is 8. The minimum absolute atomic E-state index is 0.0454. The van der Waals surface area contributed by atoms with E-state index in [1.54, 1.807) is 0 Å². The molecule has 0 spiro atoms. The van der Waals surface area contributed by atoms with Gasteiger partial charge in [-0.1, -0.05) is 36.9 Å². The van der Waals surface area contributed by atoms with Crippen molar-refractivity contribution in [3.8, 4) is 0 Å². The van der Waals surface area contributed by atoms with Crippen molar-refractivity contribution >= 4 is 45.5 Å². The Labute approximate surface area is 174 Å². The van der Waals surface area contributed by atoms with Gasteiger partial charge in [-0.05, 0) is 37.1 Å². The molecule has 28 heavy (non-hydrogen) atoms. The molecule has 3 rings (SSSR count). The molecule has 1 atom stereocenters. The number of anilines is 3. The van der Waals surface area contributed by atoms with Crippen LogP contribution in [-0.2, 0) is 9.53 Å². The van der Waals surface area contributed by atoms with E-state index in [1.807, 2.05) is 31.2 Å². The number of nitrogens with one attached hydrogen (secondary N) is 2. The summed E-state index contributed by atoms with van der Waals surface area (Å²) in [6, 6.07) is 7.96. The molecule has 152 valence electrons. The lowest BCUT2D eigenvalue weighted by Gasteiger charge is -2.28. The van der Waals surface area contributed by atoms with E-state index in [-0.39, 0.29) is 11.2 Å². The Hall–Kier alpha value is -1.84. The maximum Gasteiger partial charge on any atom is 0.237 e. The fourth-order valence-electron chi connectivity index (χ4n) is 2.65. The van der Waals surface area contributed by atoms with Crippen LogP contribution in [0.4, 0.5) is 16.5 Å². The van der Waals surface area contributed by atoms with Crippen molar-refractivity contribution in [1.82, 2.24) is 10.2 Å². The molecule has 0 aliphatic carbocycles. The summed E-state index contributed by atoms with van der Waals surface area (Å²) in [4.78, 5) is 14.8. The second kappa shape index (κ2) is 10.1. The molecule has 2 N–H and O–H groups in total. The Morgan fingerprint density at radius 3 is 2.61 bits per heavy atom. The molecule has 2 aromatic rings. The number of aromatic nitrogens is 2. The SMILES string of the molecule is CC(C)CNc1nnc(S[C@H](C)C(=O)Nc2ccc(N3CCOCC3)cc2)s1. The third-order valence-corrected chi connectivity index (χ3v) is 6.29. The van der Waals surface area contributed by atoms with Crippen LogP contribution in [0.15, 0.2) is 28.6 Å². The number of carbonyl (C=O) groups excluding carboxylic acids is 1. The first-order chi connectivity index (χ1) is 13.5. The molecule has 0 saturated carbocycles. The average Bonchev–Trinajstić information content (AvgIpc) is 3.15. The number of nitrogens with zero attached hydrogens (tertiary/aromatic N) is 3. The third-order valence-electron chi connectivity index (χ3n) is 4.23. The van der Waals surface area contributed by atoms with Gasteiger partial charge in [-0.25, -0.2) is 0 Å². The predicted octanol–water partition coefficient (Wildman–Crippen LogP) is 3.56. The molecule has 1 aliphatic heterocycles. The van der Waals surface area contributed by atoms with Crippen LogP contribution in [0.5, 0.6) is 0 Å². The minimum atomic E-state index is -0.259. The van der Waals surface area contributed by atoms with Crippen LogP contribution in [0.25, 0.3) is 0 Å². The molecule has 1 amide bonds. The maximum absolute atomic E-state index is 12.5. The summed E-state index contributed by atoms with van der Waals surface area (Å²) < 4.78 is 6.17. The summed E-state index contributed by atoms with van der Waals surface area (Å²) in [5, 5.41) is 15.1. The summed E-state index contributed by atoms with van der Waals surface area (Å²) in [7, 11) is 0. The third kappa shape index (κ3) is 6.08. The van der Waals surface area contributed by atoms with Crippen LogP contribution in [0.3, 0.4) is 0 Å². The summed E-state index contributed by atoms with van der Waals surface area (Å²) in [6.07, 6.45) is 0. The second-order valence-electron chi connectivity index (χ2n) is 7.04. The van der Waals surface area contributed by atoms with Gasteiger partial charge in [-0.3, -0.25) is 4.79 Å². The molecule has 1 aliphatic rings. The van der Waals surface area contributed by atoms with Gasteiger partial charge in [0.15, 0.2) is 4.34 Å². The highest BCUT2D eigenvalue weighted by atomic mass is 32.2. The van der Waals surface area contributed by atoms with Crippen LogP contribution in [0.1, 0.15) is 20.8 Å². The zero-order chi connectivity index (χ0) is 19.9. The largest absolute Gasteiger partial charge is 0.378 e. The second-order valence-corrected chi connectivity index (χ2v) is 9.61. The van der Waals surface area contributed by atoms with E-state index >= 15 is 0 Å². The average molecular weight is 422 g/mol. The van der Waals surface area contributed by atoms with Crippen LogP contribution in [0.2, 0.25) is 0 Å². The number of carbonyl (C=O) groups is 1. The highest BCUT2D eigenvalue weighted by Crippen LogP contribution is 2.29. The van der Waals surface area contributed by atoms with Gasteiger partial charge in [0.1, 0.15) is 0 Å². The van der Waals surface area contributed by atoms with Crippen molar-refractivity contribution in [3.05, 3.63) is 24.3 Å². The highest BCUT2D eigenvalue weighted by molar-refractivity contribution is 8.02. The maximum atomic E-state index is 12.5. The fourth-order valence-corrected chi connectivity index (χ4v) is 4.55. The lowest BCUT2D eigenvalue weighted by atomic mass is 10.2. The van der Waals surface area contributed by atoms with E-state index in [2.05, 4.69) is 39.6 Å². The lowest BCUT2D eigenvalue weighted by molar-refractivity contribution is -0.115. The van der Waals surface area contributed by atoms with Gasteiger partial charge >= 0.3 is 0 Å². The van der Waals surface area contributed by atoms with Crippen molar-refractivity contribution in [2.45, 2.75) is 30.4 Å². The molecular formula is C19H27N5O2S2. The number of hydrogen-bond donors (Lipinski definition) is 2. The van der Waals surface area contributed by atoms with Crippen LogP contribution in [-0.4, -0.2) is 54.2 Å². The number of thioether (sulfide) groups is 1.